The molecule has 1 aromatic carbocycles. The lowest BCUT2D eigenvalue weighted by Gasteiger charge is -2.41. The molecule has 6 nitrogen and oxygen atoms in total. The van der Waals surface area contributed by atoms with Crippen LogP contribution < -0.4 is 16.0 Å². The van der Waals surface area contributed by atoms with Gasteiger partial charge in [-0.1, -0.05) is 0 Å². The van der Waals surface area contributed by atoms with Gasteiger partial charge in [0.15, 0.2) is 5.82 Å². The Balaban J connectivity index is 2.44. The number of nitrogen functional groups attached to an aromatic ring is 1. The molecule has 1 aliphatic rings. The number of benzene rings is 1. The normalized spacial score (nSPS) is 23.4. The number of nitrogens with zero attached hydrogens (tertiary/aromatic N) is 2. The Labute approximate surface area is 110 Å². The lowest BCUT2D eigenvalue weighted by molar-refractivity contribution is -0.384. The van der Waals surface area contributed by atoms with Crippen LogP contribution in [0.1, 0.15) is 13.8 Å². The van der Waals surface area contributed by atoms with Crippen molar-refractivity contribution in [2.24, 2.45) is 0 Å². The van der Waals surface area contributed by atoms with Gasteiger partial charge >= 0.3 is 0 Å². The largest absolute Gasteiger partial charge is 0.393 e. The maximum absolute atomic E-state index is 14.1. The van der Waals surface area contributed by atoms with Crippen molar-refractivity contribution in [2.75, 3.05) is 23.7 Å². The average molecular weight is 268 g/mol. The zero-order valence-corrected chi connectivity index (χ0v) is 10.9. The molecule has 7 heteroatoms. The molecule has 104 valence electrons. The molecule has 0 saturated carbocycles. The average Bonchev–Trinajstić information content (AvgIpc) is 2.32. The molecule has 3 N–H and O–H groups in total. The number of halogens is 1. The van der Waals surface area contributed by atoms with Crippen LogP contribution in [0.5, 0.6) is 0 Å². The molecular weight excluding hydrogens is 251 g/mol. The second-order valence-electron chi connectivity index (χ2n) is 4.88. The van der Waals surface area contributed by atoms with Gasteiger partial charge in [-0.3, -0.25) is 10.1 Å². The first kappa shape index (κ1) is 13.5. The van der Waals surface area contributed by atoms with E-state index in [0.29, 0.717) is 5.69 Å². The van der Waals surface area contributed by atoms with Crippen molar-refractivity contribution in [1.29, 1.82) is 0 Å². The Hall–Kier alpha value is -1.89. The Kier molecular flexibility index (Phi) is 3.57. The summed E-state index contributed by atoms with van der Waals surface area (Å²) in [6.07, 6.45) is 0. The van der Waals surface area contributed by atoms with Gasteiger partial charge in [-0.05, 0) is 19.9 Å². The van der Waals surface area contributed by atoms with Gasteiger partial charge in [0.1, 0.15) is 5.69 Å². The minimum Gasteiger partial charge on any atom is -0.393 e. The Bertz CT molecular complexity index is 499. The van der Waals surface area contributed by atoms with Gasteiger partial charge in [-0.25, -0.2) is 4.39 Å². The summed E-state index contributed by atoms with van der Waals surface area (Å²) in [6, 6.07) is 2.44. The first-order valence-electron chi connectivity index (χ1n) is 6.14. The highest BCUT2D eigenvalue weighted by Crippen LogP contribution is 2.32. The van der Waals surface area contributed by atoms with Crippen LogP contribution in [0.25, 0.3) is 0 Å². The standard InChI is InChI=1S/C12H17FN4O2/c1-7-5-15-6-8(2)16(7)11-4-10(14)12(17(18)19)3-9(11)13/h3-4,7-8,15H,5-6,14H2,1-2H3. The van der Waals surface area contributed by atoms with Gasteiger partial charge in [0.2, 0.25) is 0 Å². The van der Waals surface area contributed by atoms with E-state index in [1.54, 1.807) is 0 Å². The van der Waals surface area contributed by atoms with Crippen LogP contribution in [0.4, 0.5) is 21.5 Å². The van der Waals surface area contributed by atoms with Crippen molar-refractivity contribution in [3.63, 3.8) is 0 Å². The lowest BCUT2D eigenvalue weighted by atomic mass is 10.1. The third-order valence-electron chi connectivity index (χ3n) is 3.40. The fourth-order valence-electron chi connectivity index (χ4n) is 2.53. The maximum atomic E-state index is 14.1. The number of rotatable bonds is 2. The molecule has 1 heterocycles. The quantitative estimate of drug-likeness (QED) is 0.482. The van der Waals surface area contributed by atoms with Crippen molar-refractivity contribution in [3.8, 4) is 0 Å². The summed E-state index contributed by atoms with van der Waals surface area (Å²) in [7, 11) is 0. The molecule has 2 rings (SSSR count). The van der Waals surface area contributed by atoms with Crippen molar-refractivity contribution in [2.45, 2.75) is 25.9 Å². The molecule has 1 saturated heterocycles. The Morgan fingerprint density at radius 1 is 1.42 bits per heavy atom. The first-order chi connectivity index (χ1) is 8.91. The molecule has 0 bridgehead atoms. The number of hydrogen-bond acceptors (Lipinski definition) is 5. The Morgan fingerprint density at radius 3 is 2.53 bits per heavy atom. The van der Waals surface area contributed by atoms with Crippen LogP contribution in [-0.4, -0.2) is 30.1 Å². The number of nitro groups is 1. The molecule has 1 aromatic rings. The SMILES string of the molecule is CC1CNCC(C)N1c1cc(N)c([N+](=O)[O-])cc1F. The van der Waals surface area contributed by atoms with Gasteiger partial charge in [-0.2, -0.15) is 0 Å². The minimum atomic E-state index is -0.674. The zero-order valence-electron chi connectivity index (χ0n) is 10.9. The van der Waals surface area contributed by atoms with Crippen LogP contribution in [0.2, 0.25) is 0 Å². The van der Waals surface area contributed by atoms with E-state index in [1.807, 2.05) is 18.7 Å². The third-order valence-corrected chi connectivity index (χ3v) is 3.40. The second-order valence-corrected chi connectivity index (χ2v) is 4.88. The topological polar surface area (TPSA) is 84.4 Å². The molecule has 0 aliphatic carbocycles. The molecular formula is C12H17FN4O2. The Morgan fingerprint density at radius 2 is 2.00 bits per heavy atom. The molecule has 2 unspecified atom stereocenters. The number of anilines is 2. The van der Waals surface area contributed by atoms with Crippen molar-refractivity contribution in [1.82, 2.24) is 5.32 Å². The third kappa shape index (κ3) is 2.46. The summed E-state index contributed by atoms with van der Waals surface area (Å²) >= 11 is 0. The van der Waals surface area contributed by atoms with Gasteiger partial charge < -0.3 is 16.0 Å². The number of nitrogens with one attached hydrogen (secondary N) is 1. The minimum absolute atomic E-state index is 0.0145. The molecule has 0 amide bonds. The summed E-state index contributed by atoms with van der Waals surface area (Å²) in [5.41, 5.74) is 5.56. The molecule has 0 aromatic heterocycles. The van der Waals surface area contributed by atoms with Gasteiger partial charge in [0.05, 0.1) is 16.7 Å². The van der Waals surface area contributed by atoms with E-state index < -0.39 is 16.4 Å². The van der Waals surface area contributed by atoms with Crippen LogP contribution in [0.3, 0.4) is 0 Å². The van der Waals surface area contributed by atoms with E-state index in [9.17, 15) is 14.5 Å². The summed E-state index contributed by atoms with van der Waals surface area (Å²) in [4.78, 5) is 12.0. The van der Waals surface area contributed by atoms with Crippen LogP contribution in [-0.2, 0) is 0 Å². The van der Waals surface area contributed by atoms with Gasteiger partial charge in [-0.15, -0.1) is 0 Å². The van der Waals surface area contributed by atoms with E-state index in [4.69, 9.17) is 5.73 Å². The predicted octanol–water partition coefficient (Wildman–Crippen LogP) is 1.50. The van der Waals surface area contributed by atoms with E-state index in [2.05, 4.69) is 5.32 Å². The van der Waals surface area contributed by atoms with Crippen LogP contribution >= 0.6 is 0 Å². The summed E-state index contributed by atoms with van der Waals surface area (Å²) < 4.78 is 14.1. The predicted molar refractivity (Wildman–Crippen MR) is 71.7 cm³/mol. The smallest absolute Gasteiger partial charge is 0.295 e. The molecule has 0 spiro atoms. The van der Waals surface area contributed by atoms with Gasteiger partial charge in [0.25, 0.3) is 5.69 Å². The zero-order chi connectivity index (χ0) is 14.2. The van der Waals surface area contributed by atoms with E-state index >= 15 is 0 Å². The highest BCUT2D eigenvalue weighted by Gasteiger charge is 2.28. The van der Waals surface area contributed by atoms with Crippen LogP contribution in [0.15, 0.2) is 12.1 Å². The fourth-order valence-corrected chi connectivity index (χ4v) is 2.53. The van der Waals surface area contributed by atoms with Crippen molar-refractivity contribution in [3.05, 3.63) is 28.1 Å². The highest BCUT2D eigenvalue weighted by molar-refractivity contribution is 5.68. The first-order valence-corrected chi connectivity index (χ1v) is 6.14. The van der Waals surface area contributed by atoms with Gasteiger partial charge in [0, 0.05) is 25.2 Å². The maximum Gasteiger partial charge on any atom is 0.295 e. The molecule has 2 atom stereocenters. The van der Waals surface area contributed by atoms with E-state index in [1.165, 1.54) is 6.07 Å². The number of hydrogen-bond donors (Lipinski definition) is 2. The molecule has 1 aliphatic heterocycles. The van der Waals surface area contributed by atoms with Crippen molar-refractivity contribution >= 4 is 17.1 Å². The highest BCUT2D eigenvalue weighted by atomic mass is 19.1. The molecule has 0 radical (unpaired) electrons. The summed E-state index contributed by atoms with van der Waals surface area (Å²) in [6.45, 7) is 5.42. The number of nitro benzene ring substituents is 1. The monoisotopic (exact) mass is 268 g/mol. The number of nitrogens with two attached hydrogens (primary N) is 1. The second kappa shape index (κ2) is 5.00. The van der Waals surface area contributed by atoms with E-state index in [0.717, 1.165) is 19.2 Å². The molecule has 19 heavy (non-hydrogen) atoms. The number of piperazine rings is 1. The van der Waals surface area contributed by atoms with Crippen LogP contribution in [0, 0.1) is 15.9 Å². The van der Waals surface area contributed by atoms with Crippen molar-refractivity contribution < 1.29 is 9.31 Å². The fraction of sp³-hybridized carbons (Fsp3) is 0.500. The molecule has 1 fully saturated rings. The summed E-state index contributed by atoms with van der Waals surface area (Å²) in [5.74, 6) is -0.610. The lowest BCUT2D eigenvalue weighted by Crippen LogP contribution is -2.55. The summed E-state index contributed by atoms with van der Waals surface area (Å²) in [5, 5.41) is 14.0. The van der Waals surface area contributed by atoms with E-state index in [-0.39, 0.29) is 17.8 Å².